The molecule has 0 heterocycles. The number of carboxylic acid groups (broad SMARTS) is 1. The van der Waals surface area contributed by atoms with Gasteiger partial charge in [-0.15, -0.1) is 0 Å². The molecule has 3 nitrogen and oxygen atoms in total. The number of benzene rings is 2. The summed E-state index contributed by atoms with van der Waals surface area (Å²) in [5.41, 5.74) is 2.44. The Bertz CT molecular complexity index is 705. The summed E-state index contributed by atoms with van der Waals surface area (Å²) < 4.78 is 19.0. The molecule has 0 radical (unpaired) electrons. The Balaban J connectivity index is 2.25. The van der Waals surface area contributed by atoms with Gasteiger partial charge in [0, 0.05) is 12.1 Å². The summed E-state index contributed by atoms with van der Waals surface area (Å²) in [6, 6.07) is 9.67. The molecule has 108 valence electrons. The maximum absolute atomic E-state index is 13.2. The van der Waals surface area contributed by atoms with Crippen molar-refractivity contribution in [2.24, 2.45) is 0 Å². The molecule has 1 N–H and O–H groups in total. The van der Waals surface area contributed by atoms with Gasteiger partial charge in [0.1, 0.15) is 17.3 Å². The van der Waals surface area contributed by atoms with E-state index >= 15 is 0 Å². The number of carboxylic acids is 1. The van der Waals surface area contributed by atoms with Crippen molar-refractivity contribution < 1.29 is 19.0 Å². The Hall–Kier alpha value is -2.62. The van der Waals surface area contributed by atoms with Gasteiger partial charge in [0.2, 0.25) is 0 Å². The second-order valence-corrected chi connectivity index (χ2v) is 4.71. The first-order chi connectivity index (χ1) is 9.95. The number of carbonyl (C=O) groups is 1. The van der Waals surface area contributed by atoms with Crippen LogP contribution in [-0.4, -0.2) is 11.1 Å². The molecular formula is C17H15FO3. The van der Waals surface area contributed by atoms with E-state index in [1.165, 1.54) is 18.2 Å². The summed E-state index contributed by atoms with van der Waals surface area (Å²) in [7, 11) is 0. The Labute approximate surface area is 122 Å². The van der Waals surface area contributed by atoms with E-state index in [2.05, 4.69) is 0 Å². The average molecular weight is 286 g/mol. The van der Waals surface area contributed by atoms with Crippen molar-refractivity contribution in [1.82, 2.24) is 0 Å². The van der Waals surface area contributed by atoms with Crippen molar-refractivity contribution in [2.75, 3.05) is 0 Å². The molecule has 0 amide bonds. The van der Waals surface area contributed by atoms with Gasteiger partial charge in [-0.1, -0.05) is 12.1 Å². The molecule has 0 atom stereocenters. The van der Waals surface area contributed by atoms with E-state index in [1.54, 1.807) is 18.2 Å². The van der Waals surface area contributed by atoms with E-state index < -0.39 is 5.97 Å². The SMILES string of the molecule is Cc1cc(/C=C/C(=O)O)ccc1Oc1cc(F)ccc1C. The standard InChI is InChI=1S/C17H15FO3/c1-11-3-6-14(18)10-16(11)21-15-7-4-13(9-12(15)2)5-8-17(19)20/h3-10H,1-2H3,(H,19,20)/b8-5+. The van der Waals surface area contributed by atoms with Gasteiger partial charge in [-0.2, -0.15) is 0 Å². The molecule has 0 saturated carbocycles. The molecule has 0 bridgehead atoms. The summed E-state index contributed by atoms with van der Waals surface area (Å²) in [5.74, 6) is -0.277. The smallest absolute Gasteiger partial charge is 0.328 e. The lowest BCUT2D eigenvalue weighted by atomic mass is 10.1. The fraction of sp³-hybridized carbons (Fsp3) is 0.118. The van der Waals surface area contributed by atoms with Crippen LogP contribution in [0.15, 0.2) is 42.5 Å². The maximum Gasteiger partial charge on any atom is 0.328 e. The summed E-state index contributed by atoms with van der Waals surface area (Å²) in [6.45, 7) is 3.69. The lowest BCUT2D eigenvalue weighted by Gasteiger charge is -2.11. The van der Waals surface area contributed by atoms with Gasteiger partial charge in [-0.25, -0.2) is 9.18 Å². The van der Waals surface area contributed by atoms with E-state index in [4.69, 9.17) is 9.84 Å². The van der Waals surface area contributed by atoms with Crippen LogP contribution in [0.3, 0.4) is 0 Å². The number of hydrogen-bond acceptors (Lipinski definition) is 2. The molecular weight excluding hydrogens is 271 g/mol. The van der Waals surface area contributed by atoms with E-state index in [9.17, 15) is 9.18 Å². The zero-order valence-electron chi connectivity index (χ0n) is 11.8. The third kappa shape index (κ3) is 3.92. The van der Waals surface area contributed by atoms with Crippen LogP contribution in [0.5, 0.6) is 11.5 Å². The van der Waals surface area contributed by atoms with Gasteiger partial charge < -0.3 is 9.84 Å². The topological polar surface area (TPSA) is 46.5 Å². The third-order valence-corrected chi connectivity index (χ3v) is 2.99. The van der Waals surface area contributed by atoms with E-state index in [1.807, 2.05) is 19.9 Å². The van der Waals surface area contributed by atoms with Crippen molar-refractivity contribution in [1.29, 1.82) is 0 Å². The van der Waals surface area contributed by atoms with Crippen molar-refractivity contribution >= 4 is 12.0 Å². The Kier molecular flexibility index (Phi) is 4.38. The quantitative estimate of drug-likeness (QED) is 0.851. The molecule has 2 aromatic carbocycles. The Morgan fingerprint density at radius 2 is 1.86 bits per heavy atom. The average Bonchev–Trinajstić information content (AvgIpc) is 2.43. The van der Waals surface area contributed by atoms with Gasteiger partial charge >= 0.3 is 5.97 Å². The van der Waals surface area contributed by atoms with Gasteiger partial charge in [0.05, 0.1) is 0 Å². The highest BCUT2D eigenvalue weighted by Crippen LogP contribution is 2.29. The number of halogens is 1. The highest BCUT2D eigenvalue weighted by molar-refractivity contribution is 5.85. The molecule has 0 aliphatic heterocycles. The molecule has 4 heteroatoms. The third-order valence-electron chi connectivity index (χ3n) is 2.99. The van der Waals surface area contributed by atoms with Crippen LogP contribution < -0.4 is 4.74 Å². The summed E-state index contributed by atoms with van der Waals surface area (Å²) in [6.07, 6.45) is 2.58. The van der Waals surface area contributed by atoms with E-state index in [-0.39, 0.29) is 5.82 Å². The molecule has 0 aliphatic rings. The zero-order chi connectivity index (χ0) is 15.4. The van der Waals surface area contributed by atoms with Crippen LogP contribution in [0.4, 0.5) is 4.39 Å². The Morgan fingerprint density at radius 3 is 2.52 bits per heavy atom. The number of aliphatic carboxylic acids is 1. The fourth-order valence-electron chi connectivity index (χ4n) is 1.86. The van der Waals surface area contributed by atoms with Gasteiger partial charge in [-0.3, -0.25) is 0 Å². The number of ether oxygens (including phenoxy) is 1. The number of aryl methyl sites for hydroxylation is 2. The van der Waals surface area contributed by atoms with Gasteiger partial charge in [-0.05, 0) is 54.8 Å². The largest absolute Gasteiger partial charge is 0.478 e. The minimum absolute atomic E-state index is 0.353. The van der Waals surface area contributed by atoms with Crippen molar-refractivity contribution in [3.8, 4) is 11.5 Å². The highest BCUT2D eigenvalue weighted by Gasteiger charge is 2.06. The maximum atomic E-state index is 13.2. The van der Waals surface area contributed by atoms with Crippen LogP contribution in [0, 0.1) is 19.7 Å². The van der Waals surface area contributed by atoms with Crippen LogP contribution in [0.1, 0.15) is 16.7 Å². The Morgan fingerprint density at radius 1 is 1.10 bits per heavy atom. The first-order valence-corrected chi connectivity index (χ1v) is 6.41. The molecule has 0 unspecified atom stereocenters. The molecule has 0 spiro atoms. The molecule has 0 fully saturated rings. The van der Waals surface area contributed by atoms with Crippen LogP contribution in [0.25, 0.3) is 6.08 Å². The predicted octanol–water partition coefficient (Wildman–Crippen LogP) is 4.33. The predicted molar refractivity (Wildman–Crippen MR) is 79.1 cm³/mol. The van der Waals surface area contributed by atoms with Crippen LogP contribution >= 0.6 is 0 Å². The van der Waals surface area contributed by atoms with E-state index in [0.29, 0.717) is 11.5 Å². The fourth-order valence-corrected chi connectivity index (χ4v) is 1.86. The molecule has 2 aromatic rings. The minimum Gasteiger partial charge on any atom is -0.478 e. The number of hydrogen-bond donors (Lipinski definition) is 1. The first-order valence-electron chi connectivity index (χ1n) is 6.41. The van der Waals surface area contributed by atoms with Crippen molar-refractivity contribution in [3.63, 3.8) is 0 Å². The molecule has 2 rings (SSSR count). The van der Waals surface area contributed by atoms with Gasteiger partial charge in [0.25, 0.3) is 0 Å². The molecule has 0 aromatic heterocycles. The van der Waals surface area contributed by atoms with E-state index in [0.717, 1.165) is 22.8 Å². The second-order valence-electron chi connectivity index (χ2n) is 4.71. The van der Waals surface area contributed by atoms with Crippen LogP contribution in [-0.2, 0) is 4.79 Å². The van der Waals surface area contributed by atoms with Crippen LogP contribution in [0.2, 0.25) is 0 Å². The summed E-state index contributed by atoms with van der Waals surface area (Å²) in [4.78, 5) is 10.5. The zero-order valence-corrected chi connectivity index (χ0v) is 11.8. The molecule has 21 heavy (non-hydrogen) atoms. The lowest BCUT2D eigenvalue weighted by Crippen LogP contribution is -1.92. The van der Waals surface area contributed by atoms with Crippen molar-refractivity contribution in [3.05, 3.63) is 65.0 Å². The molecule has 0 aliphatic carbocycles. The lowest BCUT2D eigenvalue weighted by molar-refractivity contribution is -0.131. The minimum atomic E-state index is -0.997. The highest BCUT2D eigenvalue weighted by atomic mass is 19.1. The van der Waals surface area contributed by atoms with Crippen molar-refractivity contribution in [2.45, 2.75) is 13.8 Å². The monoisotopic (exact) mass is 286 g/mol. The number of rotatable bonds is 4. The first kappa shape index (κ1) is 14.8. The molecule has 0 saturated heterocycles. The second kappa shape index (κ2) is 6.22. The normalized spacial score (nSPS) is 10.8. The van der Waals surface area contributed by atoms with Gasteiger partial charge in [0.15, 0.2) is 0 Å². The summed E-state index contributed by atoms with van der Waals surface area (Å²) in [5, 5.41) is 8.60. The summed E-state index contributed by atoms with van der Waals surface area (Å²) >= 11 is 0.